The van der Waals surface area contributed by atoms with Crippen LogP contribution in [0.4, 0.5) is 4.79 Å². The van der Waals surface area contributed by atoms with E-state index in [4.69, 9.17) is 0 Å². The molecule has 3 saturated heterocycles. The Morgan fingerprint density at radius 1 is 1.10 bits per heavy atom. The van der Waals surface area contributed by atoms with Crippen LogP contribution in [0.15, 0.2) is 36.4 Å². The zero-order chi connectivity index (χ0) is 20.8. The van der Waals surface area contributed by atoms with Gasteiger partial charge in [-0.3, -0.25) is 9.69 Å². The summed E-state index contributed by atoms with van der Waals surface area (Å²) in [5.74, 6) is 1.29. The molecule has 0 spiro atoms. The minimum absolute atomic E-state index is 0.0276. The molecule has 3 fully saturated rings. The van der Waals surface area contributed by atoms with Crippen molar-refractivity contribution in [3.63, 3.8) is 0 Å². The van der Waals surface area contributed by atoms with Gasteiger partial charge >= 0.3 is 6.03 Å². The first-order valence-electron chi connectivity index (χ1n) is 11.1. The van der Waals surface area contributed by atoms with E-state index in [-0.39, 0.29) is 18.1 Å². The third kappa shape index (κ3) is 5.58. The fourth-order valence-corrected chi connectivity index (χ4v) is 6.05. The van der Waals surface area contributed by atoms with Gasteiger partial charge in [-0.2, -0.15) is 11.8 Å². The van der Waals surface area contributed by atoms with E-state index >= 15 is 0 Å². The second kappa shape index (κ2) is 10.4. The number of hydrogen-bond donors (Lipinski definition) is 2. The topological polar surface area (TPSA) is 64.7 Å². The van der Waals surface area contributed by atoms with Crippen LogP contribution < -0.4 is 10.6 Å². The molecular weight excluding hydrogens is 396 g/mol. The van der Waals surface area contributed by atoms with Gasteiger partial charge in [0.2, 0.25) is 5.91 Å². The van der Waals surface area contributed by atoms with Gasteiger partial charge in [-0.15, -0.1) is 0 Å². The molecule has 4 rings (SSSR count). The van der Waals surface area contributed by atoms with Gasteiger partial charge in [-0.25, -0.2) is 4.79 Å². The summed E-state index contributed by atoms with van der Waals surface area (Å²) in [6, 6.07) is 10.9. The van der Waals surface area contributed by atoms with Crippen molar-refractivity contribution >= 4 is 29.8 Å². The molecule has 2 N–H and O–H groups in total. The van der Waals surface area contributed by atoms with Crippen LogP contribution in [-0.2, 0) is 4.79 Å². The maximum atomic E-state index is 12.5. The summed E-state index contributed by atoms with van der Waals surface area (Å²) in [6.07, 6.45) is 8.07. The van der Waals surface area contributed by atoms with E-state index < -0.39 is 0 Å². The molecule has 0 aromatic heterocycles. The molecule has 1 aromatic carbocycles. The van der Waals surface area contributed by atoms with Crippen LogP contribution in [0.25, 0.3) is 6.08 Å². The highest BCUT2D eigenvalue weighted by Crippen LogP contribution is 2.33. The number of unbranched alkanes of at least 4 members (excludes halogenated alkanes) is 1. The van der Waals surface area contributed by atoms with E-state index in [1.165, 1.54) is 5.56 Å². The van der Waals surface area contributed by atoms with E-state index in [1.807, 2.05) is 22.7 Å². The lowest BCUT2D eigenvalue weighted by Crippen LogP contribution is -2.48. The first-order valence-corrected chi connectivity index (χ1v) is 12.1. The van der Waals surface area contributed by atoms with Crippen molar-refractivity contribution in [3.05, 3.63) is 42.0 Å². The number of urea groups is 1. The second-order valence-corrected chi connectivity index (χ2v) is 9.63. The average molecular weight is 429 g/mol. The molecule has 3 unspecified atom stereocenters. The fourth-order valence-electron chi connectivity index (χ4n) is 4.50. The zero-order valence-electron chi connectivity index (χ0n) is 17.5. The van der Waals surface area contributed by atoms with E-state index in [0.717, 1.165) is 57.7 Å². The molecular formula is C23H32N4O2S. The van der Waals surface area contributed by atoms with Crippen LogP contribution in [-0.4, -0.2) is 77.5 Å². The number of fused-ring (bicyclic) bond motifs is 1. The number of piperazine rings is 1. The molecule has 3 atom stereocenters. The van der Waals surface area contributed by atoms with Gasteiger partial charge in [0.25, 0.3) is 0 Å². The minimum atomic E-state index is -0.0276. The van der Waals surface area contributed by atoms with Crippen molar-refractivity contribution in [1.29, 1.82) is 0 Å². The SMILES string of the molecule is O=C1NC2CSC(CCCCC(=O)N3CCN(CC=Cc4ccccc4)CC3)C2N1. The minimum Gasteiger partial charge on any atom is -0.340 e. The van der Waals surface area contributed by atoms with Crippen LogP contribution in [0.3, 0.4) is 0 Å². The summed E-state index contributed by atoms with van der Waals surface area (Å²) < 4.78 is 0. The molecule has 0 aliphatic carbocycles. The van der Waals surface area contributed by atoms with Crippen molar-refractivity contribution in [1.82, 2.24) is 20.4 Å². The number of hydrogen-bond acceptors (Lipinski definition) is 4. The molecule has 1 aromatic rings. The number of carbonyl (C=O) groups is 2. The summed E-state index contributed by atoms with van der Waals surface area (Å²) >= 11 is 1.94. The molecule has 7 heteroatoms. The van der Waals surface area contributed by atoms with E-state index in [9.17, 15) is 9.59 Å². The highest BCUT2D eigenvalue weighted by molar-refractivity contribution is 8.00. The van der Waals surface area contributed by atoms with Crippen molar-refractivity contribution in [2.24, 2.45) is 0 Å². The molecule has 0 bridgehead atoms. The predicted octanol–water partition coefficient (Wildman–Crippen LogP) is 2.57. The van der Waals surface area contributed by atoms with Crippen LogP contribution >= 0.6 is 11.8 Å². The highest BCUT2D eigenvalue weighted by Gasteiger charge is 2.42. The molecule has 3 aliphatic heterocycles. The van der Waals surface area contributed by atoms with E-state index in [0.29, 0.717) is 17.6 Å². The first kappa shape index (κ1) is 21.2. The van der Waals surface area contributed by atoms with Gasteiger partial charge in [0.1, 0.15) is 0 Å². The molecule has 30 heavy (non-hydrogen) atoms. The van der Waals surface area contributed by atoms with Gasteiger partial charge in [0.15, 0.2) is 0 Å². The van der Waals surface area contributed by atoms with Gasteiger partial charge in [-0.05, 0) is 18.4 Å². The van der Waals surface area contributed by atoms with Crippen molar-refractivity contribution in [3.8, 4) is 0 Å². The van der Waals surface area contributed by atoms with Gasteiger partial charge < -0.3 is 15.5 Å². The van der Waals surface area contributed by atoms with Crippen LogP contribution in [0.2, 0.25) is 0 Å². The van der Waals surface area contributed by atoms with Crippen LogP contribution in [0.5, 0.6) is 0 Å². The Bertz CT molecular complexity index is 749. The number of amides is 3. The largest absolute Gasteiger partial charge is 0.340 e. The summed E-state index contributed by atoms with van der Waals surface area (Å²) in [5.41, 5.74) is 1.23. The molecule has 6 nitrogen and oxygen atoms in total. The zero-order valence-corrected chi connectivity index (χ0v) is 18.3. The van der Waals surface area contributed by atoms with E-state index in [1.54, 1.807) is 0 Å². The van der Waals surface area contributed by atoms with Gasteiger partial charge in [0, 0.05) is 50.1 Å². The Morgan fingerprint density at radius 2 is 1.90 bits per heavy atom. The maximum absolute atomic E-state index is 12.5. The number of benzene rings is 1. The van der Waals surface area contributed by atoms with Crippen LogP contribution in [0, 0.1) is 0 Å². The lowest BCUT2D eigenvalue weighted by atomic mass is 10.0. The number of thioether (sulfide) groups is 1. The quantitative estimate of drug-likeness (QED) is 0.493. The second-order valence-electron chi connectivity index (χ2n) is 8.36. The summed E-state index contributed by atoms with van der Waals surface area (Å²) in [7, 11) is 0. The predicted molar refractivity (Wildman–Crippen MR) is 122 cm³/mol. The normalized spacial score (nSPS) is 26.6. The average Bonchev–Trinajstić information content (AvgIpc) is 3.31. The number of nitrogens with zero attached hydrogens (tertiary/aromatic N) is 2. The van der Waals surface area contributed by atoms with E-state index in [2.05, 4.69) is 52.0 Å². The van der Waals surface area contributed by atoms with Gasteiger partial charge in [0.05, 0.1) is 12.1 Å². The Morgan fingerprint density at radius 3 is 2.70 bits per heavy atom. The monoisotopic (exact) mass is 428 g/mol. The summed E-state index contributed by atoms with van der Waals surface area (Å²) in [6.45, 7) is 4.48. The molecule has 162 valence electrons. The van der Waals surface area contributed by atoms with Crippen LogP contribution in [0.1, 0.15) is 31.2 Å². The lowest BCUT2D eigenvalue weighted by molar-refractivity contribution is -0.133. The molecule has 0 saturated carbocycles. The highest BCUT2D eigenvalue weighted by atomic mass is 32.2. The third-order valence-electron chi connectivity index (χ3n) is 6.27. The Labute approximate surface area is 183 Å². The molecule has 3 aliphatic rings. The van der Waals surface area contributed by atoms with Crippen molar-refractivity contribution in [2.45, 2.75) is 43.0 Å². The molecule has 3 amide bonds. The number of rotatable bonds is 8. The summed E-state index contributed by atoms with van der Waals surface area (Å²) in [4.78, 5) is 28.4. The number of carbonyl (C=O) groups excluding carboxylic acids is 2. The summed E-state index contributed by atoms with van der Waals surface area (Å²) in [5, 5.41) is 6.50. The Kier molecular flexibility index (Phi) is 7.33. The first-order chi connectivity index (χ1) is 14.7. The van der Waals surface area contributed by atoms with Crippen molar-refractivity contribution in [2.75, 3.05) is 38.5 Å². The molecule has 0 radical (unpaired) electrons. The Hall–Kier alpha value is -1.99. The fraction of sp³-hybridized carbons (Fsp3) is 0.565. The number of nitrogens with one attached hydrogen (secondary N) is 2. The Balaban J connectivity index is 1.09. The van der Waals surface area contributed by atoms with Gasteiger partial charge in [-0.1, -0.05) is 48.9 Å². The third-order valence-corrected chi connectivity index (χ3v) is 7.77. The lowest BCUT2D eigenvalue weighted by Gasteiger charge is -2.34. The van der Waals surface area contributed by atoms with Crippen molar-refractivity contribution < 1.29 is 9.59 Å². The standard InChI is InChI=1S/C23H32N4O2S/c28-21(11-5-4-10-20-22-19(17-30-20)24-23(29)25-22)27-15-13-26(14-16-27)12-6-9-18-7-2-1-3-8-18/h1-3,6-9,19-20,22H,4-5,10-17H2,(H2,24,25,29). The smallest absolute Gasteiger partial charge is 0.315 e. The molecule has 3 heterocycles. The maximum Gasteiger partial charge on any atom is 0.315 e.